The fraction of sp³-hybridized carbons (Fsp3) is 0.0517. The minimum atomic E-state index is 0.277. The largest absolute Gasteiger partial charge is 0.456 e. The highest BCUT2D eigenvalue weighted by molar-refractivity contribution is 6.15. The van der Waals surface area contributed by atoms with E-state index in [1.165, 1.54) is 60.0 Å². The molecule has 0 bridgehead atoms. The molecule has 0 spiro atoms. The number of rotatable bonds is 15. The van der Waals surface area contributed by atoms with Crippen molar-refractivity contribution < 1.29 is 8.83 Å². The summed E-state index contributed by atoms with van der Waals surface area (Å²) in [6.45, 7) is 10.3. The molecule has 0 N–H and O–H groups in total. The molecule has 0 radical (unpaired) electrons. The second-order valence-electron chi connectivity index (χ2n) is 33.2. The molecule has 11 heteroatoms. The van der Waals surface area contributed by atoms with Crippen LogP contribution in [0.5, 0.6) is 0 Å². The van der Waals surface area contributed by atoms with E-state index < -0.39 is 0 Å². The quantitative estimate of drug-likeness (QED) is 0.100. The first-order valence-corrected chi connectivity index (χ1v) is 43.3. The van der Waals surface area contributed by atoms with E-state index in [-0.39, 0.29) is 5.92 Å². The zero-order valence-electron chi connectivity index (χ0n) is 70.6. The maximum absolute atomic E-state index is 6.75. The number of furan rings is 2. The lowest BCUT2D eigenvalue weighted by Gasteiger charge is -2.26. The molecule has 7 heterocycles. The molecule has 17 aromatic carbocycles. The van der Waals surface area contributed by atoms with Gasteiger partial charge in [-0.25, -0.2) is 19.9 Å². The first-order chi connectivity index (χ1) is 62.5. The molecule has 24 rings (SSSR count). The fourth-order valence-corrected chi connectivity index (χ4v) is 19.1. The van der Waals surface area contributed by atoms with E-state index in [1.54, 1.807) is 0 Å². The van der Waals surface area contributed by atoms with E-state index in [1.807, 2.05) is 31.5 Å². The van der Waals surface area contributed by atoms with Crippen LogP contribution in [0.2, 0.25) is 0 Å². The van der Waals surface area contributed by atoms with Gasteiger partial charge in [-0.3, -0.25) is 0 Å². The molecule has 127 heavy (non-hydrogen) atoms. The molecule has 0 aliphatic carbocycles. The summed E-state index contributed by atoms with van der Waals surface area (Å²) in [6, 6.07) is 141. The molecule has 0 saturated heterocycles. The molecular formula is C116H83N9O2. The van der Waals surface area contributed by atoms with Crippen LogP contribution in [0.25, 0.3) is 182 Å². The van der Waals surface area contributed by atoms with Gasteiger partial charge in [-0.2, -0.15) is 0 Å². The summed E-state index contributed by atoms with van der Waals surface area (Å²) in [4.78, 5) is 23.6. The Kier molecular flexibility index (Phi) is 18.5. The summed E-state index contributed by atoms with van der Waals surface area (Å²) < 4.78 is 19.9. The van der Waals surface area contributed by atoms with E-state index >= 15 is 0 Å². The van der Waals surface area contributed by atoms with E-state index in [0.29, 0.717) is 0 Å². The van der Waals surface area contributed by atoms with Crippen LogP contribution in [0.4, 0.5) is 34.1 Å². The highest BCUT2D eigenvalue weighted by Gasteiger charge is 2.25. The first kappa shape index (κ1) is 75.5. The van der Waals surface area contributed by atoms with Gasteiger partial charge in [0.05, 0.1) is 68.3 Å². The molecule has 0 atom stereocenters. The minimum absolute atomic E-state index is 0.277. The predicted molar refractivity (Wildman–Crippen MR) is 526 cm³/mol. The Bertz CT molecular complexity index is 8350. The molecule has 0 aliphatic rings. The van der Waals surface area contributed by atoms with E-state index in [0.717, 1.165) is 179 Å². The lowest BCUT2D eigenvalue weighted by atomic mass is 10.00. The smallest absolute Gasteiger partial charge is 0.137 e. The van der Waals surface area contributed by atoms with Crippen molar-refractivity contribution in [1.29, 1.82) is 0 Å². The Hall–Kier alpha value is -16.5. The van der Waals surface area contributed by atoms with Gasteiger partial charge in [0.15, 0.2) is 0 Å². The topological polar surface area (TPSA) is 99.1 Å². The van der Waals surface area contributed by atoms with Crippen molar-refractivity contribution in [2.75, 3.05) is 9.80 Å². The van der Waals surface area contributed by atoms with Crippen LogP contribution in [0.15, 0.2) is 416 Å². The van der Waals surface area contributed by atoms with Crippen molar-refractivity contribution in [2.24, 2.45) is 0 Å². The van der Waals surface area contributed by atoms with Crippen LogP contribution in [0.1, 0.15) is 42.8 Å². The number of hydrogen-bond donors (Lipinski definition) is 0. The first-order valence-electron chi connectivity index (χ1n) is 43.3. The number of para-hydroxylation sites is 5. The molecule has 0 saturated carbocycles. The molecule has 0 unspecified atom stereocenters. The standard InChI is InChI=1S/C67H47N5O.C49H36N4O/c1-42-67(43(2)69-44(3)68-42)72-62-24-13-11-22-56(62)59-38-48(28-35-64(59)72)47-17-14-20-53(37-47)70(52-30-25-46(26-31-52)45-15-6-4-7-16-45)54-32-33-57-60-40-50(29-36-65(60)73-66(57)41-54)49-27-34-63-58(39-49)55-21-10-12-23-61(55)71(63)51-18-8-5-9-19-51;1-32(2)49-50-30-40(31-51-49)53-45-14-8-6-12-41(45)43-28-36(20-26-46(43)53)35-18-23-38(24-19-35)52(37-21-16-34(17-22-37)33-10-4-3-5-11-33)39-25-27-48-44(29-39)42-13-7-9-15-47(42)54-48/h4-41H,1-3H3;3-32H,1-2H3. The SMILES string of the molecule is CC(C)c1ncc(-n2c3ccccc3c3cc(-c4ccc(N(c5ccc(-c6ccccc6)cc5)c5ccc6oc7ccccc7c6c5)cc4)ccc32)cn1.Cc1nc(C)c(-n2c3ccccc3c3cc(-c4cccc(N(c5ccc(-c6ccccc6)cc5)c5ccc6c(c5)oc5ccc(-c7ccc8c(c7)c7ccccc7n8-c7ccccc7)cc56)c4)ccc32)c(C)n1. The van der Waals surface area contributed by atoms with Crippen molar-refractivity contribution >= 4 is 143 Å². The summed E-state index contributed by atoms with van der Waals surface area (Å²) in [5.41, 5.74) is 33.3. The third kappa shape index (κ3) is 13.4. The Labute approximate surface area is 733 Å². The van der Waals surface area contributed by atoms with Crippen molar-refractivity contribution in [3.63, 3.8) is 0 Å². The maximum Gasteiger partial charge on any atom is 0.137 e. The third-order valence-electron chi connectivity index (χ3n) is 25.1. The van der Waals surface area contributed by atoms with Gasteiger partial charge in [-0.1, -0.05) is 238 Å². The van der Waals surface area contributed by atoms with Crippen molar-refractivity contribution in [3.8, 4) is 72.7 Å². The number of fused-ring (bicyclic) bond motifs is 15. The average Bonchev–Trinajstić information content (AvgIpc) is 1.75. The van der Waals surface area contributed by atoms with E-state index in [2.05, 4.69) is 443 Å². The number of aryl methyl sites for hydroxylation is 3. The molecule has 0 fully saturated rings. The molecular weight excluding hydrogens is 1550 g/mol. The normalized spacial score (nSPS) is 11.7. The second kappa shape index (κ2) is 31.1. The van der Waals surface area contributed by atoms with Gasteiger partial charge >= 0.3 is 0 Å². The number of hydrogen-bond acceptors (Lipinski definition) is 8. The fourth-order valence-electron chi connectivity index (χ4n) is 19.1. The van der Waals surface area contributed by atoms with E-state index in [9.17, 15) is 0 Å². The monoisotopic (exact) mass is 1630 g/mol. The van der Waals surface area contributed by atoms with E-state index in [4.69, 9.17) is 18.8 Å². The zero-order valence-corrected chi connectivity index (χ0v) is 70.6. The summed E-state index contributed by atoms with van der Waals surface area (Å²) in [6.07, 6.45) is 3.88. The number of anilines is 6. The van der Waals surface area contributed by atoms with Gasteiger partial charge in [0.1, 0.15) is 34.0 Å². The van der Waals surface area contributed by atoms with Crippen molar-refractivity contribution in [2.45, 2.75) is 40.5 Å². The molecule has 0 aliphatic heterocycles. The van der Waals surface area contributed by atoms with Crippen LogP contribution in [-0.2, 0) is 0 Å². The van der Waals surface area contributed by atoms with Gasteiger partial charge < -0.3 is 32.3 Å². The van der Waals surface area contributed by atoms with Crippen LogP contribution >= 0.6 is 0 Å². The van der Waals surface area contributed by atoms with Gasteiger partial charge in [0.2, 0.25) is 0 Å². The highest BCUT2D eigenvalue weighted by atomic mass is 16.3. The maximum atomic E-state index is 6.75. The molecule has 24 aromatic rings. The van der Waals surface area contributed by atoms with Gasteiger partial charge in [-0.15, -0.1) is 0 Å². The lowest BCUT2D eigenvalue weighted by molar-refractivity contribution is 0.668. The molecule has 0 amide bonds. The number of benzene rings is 17. The Morgan fingerprint density at radius 3 is 1.12 bits per heavy atom. The molecule has 11 nitrogen and oxygen atoms in total. The van der Waals surface area contributed by atoms with Gasteiger partial charge in [0.25, 0.3) is 0 Å². The summed E-state index contributed by atoms with van der Waals surface area (Å²) in [7, 11) is 0. The number of aromatic nitrogens is 7. The Morgan fingerprint density at radius 1 is 0.236 bits per heavy atom. The summed E-state index contributed by atoms with van der Waals surface area (Å²) in [5, 5.41) is 11.6. The van der Waals surface area contributed by atoms with Crippen molar-refractivity contribution in [3.05, 3.63) is 430 Å². The third-order valence-corrected chi connectivity index (χ3v) is 25.1. The van der Waals surface area contributed by atoms with Crippen LogP contribution in [-0.4, -0.2) is 33.6 Å². The number of nitrogens with zero attached hydrogens (tertiary/aromatic N) is 9. The van der Waals surface area contributed by atoms with Crippen LogP contribution in [0, 0.1) is 20.8 Å². The second-order valence-corrected chi connectivity index (χ2v) is 33.2. The average molecular weight is 1640 g/mol. The summed E-state index contributed by atoms with van der Waals surface area (Å²) >= 11 is 0. The minimum Gasteiger partial charge on any atom is -0.456 e. The summed E-state index contributed by atoms with van der Waals surface area (Å²) in [5.74, 6) is 1.91. The Balaban J connectivity index is 0.000000152. The van der Waals surface area contributed by atoms with Crippen molar-refractivity contribution in [1.82, 2.24) is 33.6 Å². The molecule has 604 valence electrons. The van der Waals surface area contributed by atoms with Crippen LogP contribution in [0.3, 0.4) is 0 Å². The highest BCUT2D eigenvalue weighted by Crippen LogP contribution is 2.47. The molecule has 7 aromatic heterocycles. The van der Waals surface area contributed by atoms with Gasteiger partial charge in [-0.05, 0) is 240 Å². The zero-order chi connectivity index (χ0) is 84.9. The predicted octanol–water partition coefficient (Wildman–Crippen LogP) is 31.4. The Morgan fingerprint density at radius 2 is 0.575 bits per heavy atom. The van der Waals surface area contributed by atoms with Gasteiger partial charge in [0, 0.05) is 106 Å². The van der Waals surface area contributed by atoms with Crippen LogP contribution < -0.4 is 9.80 Å². The lowest BCUT2D eigenvalue weighted by Crippen LogP contribution is -2.10.